The van der Waals surface area contributed by atoms with Gasteiger partial charge in [0.15, 0.2) is 0 Å². The van der Waals surface area contributed by atoms with Gasteiger partial charge in [0.25, 0.3) is 0 Å². The molecule has 0 N–H and O–H groups in total. The highest BCUT2D eigenvalue weighted by Gasteiger charge is 2.36. The molecule has 1 aromatic rings. The summed E-state index contributed by atoms with van der Waals surface area (Å²) in [5.41, 5.74) is -0.0431. The highest BCUT2D eigenvalue weighted by Crippen LogP contribution is 2.47. The lowest BCUT2D eigenvalue weighted by molar-refractivity contribution is -0.142. The fraction of sp³-hybridized carbons (Fsp3) is 0.467. The van der Waals surface area contributed by atoms with Crippen molar-refractivity contribution in [3.63, 3.8) is 0 Å². The second-order valence-electron chi connectivity index (χ2n) is 5.18. The monoisotopic (exact) mass is 259 g/mol. The summed E-state index contributed by atoms with van der Waals surface area (Å²) in [5.74, 6) is 1.97. The van der Waals surface area contributed by atoms with Crippen LogP contribution >= 0.6 is 0 Å². The first kappa shape index (κ1) is 13.4. The van der Waals surface area contributed by atoms with Crippen LogP contribution in [0.5, 0.6) is 0 Å². The van der Waals surface area contributed by atoms with Gasteiger partial charge in [0.05, 0.1) is 6.10 Å². The Bertz CT molecular complexity index is 548. The average molecular weight is 259 g/mol. The van der Waals surface area contributed by atoms with Crippen LogP contribution in [0.4, 0.5) is 0 Å². The molecular formula is C15H17NO3. The van der Waals surface area contributed by atoms with E-state index in [4.69, 9.17) is 14.4 Å². The zero-order valence-corrected chi connectivity index (χ0v) is 11.3. The molecule has 1 aromatic heterocycles. The van der Waals surface area contributed by atoms with Crippen molar-refractivity contribution in [2.75, 3.05) is 0 Å². The highest BCUT2D eigenvalue weighted by atomic mass is 16.5. The van der Waals surface area contributed by atoms with Crippen LogP contribution in [0.1, 0.15) is 44.6 Å². The summed E-state index contributed by atoms with van der Waals surface area (Å²) >= 11 is 0. The minimum Gasteiger partial charge on any atom is -0.461 e. The quantitative estimate of drug-likeness (QED) is 0.473. The molecule has 4 heteroatoms. The maximum atomic E-state index is 11.6. The zero-order chi connectivity index (χ0) is 14.0. The van der Waals surface area contributed by atoms with Gasteiger partial charge < -0.3 is 9.15 Å². The van der Waals surface area contributed by atoms with E-state index in [0.717, 1.165) is 12.2 Å². The molecular weight excluding hydrogens is 242 g/mol. The van der Waals surface area contributed by atoms with Crippen molar-refractivity contribution in [2.45, 2.75) is 39.2 Å². The Labute approximate surface area is 112 Å². The number of nitrogens with zero attached hydrogens (tertiary/aromatic N) is 1. The molecule has 0 unspecified atom stereocenters. The largest absolute Gasteiger partial charge is 0.461 e. The van der Waals surface area contributed by atoms with Crippen molar-refractivity contribution < 1.29 is 13.9 Å². The molecule has 1 saturated carbocycles. The summed E-state index contributed by atoms with van der Waals surface area (Å²) in [6.45, 7) is 5.65. The van der Waals surface area contributed by atoms with E-state index >= 15 is 0 Å². The lowest BCUT2D eigenvalue weighted by atomic mass is 10.2. The first-order valence-corrected chi connectivity index (χ1v) is 6.43. The molecule has 4 nitrogen and oxygen atoms in total. The minimum absolute atomic E-state index is 0.0431. The van der Waals surface area contributed by atoms with Gasteiger partial charge in [-0.2, -0.15) is 5.26 Å². The summed E-state index contributed by atoms with van der Waals surface area (Å²) < 4.78 is 10.6. The third-order valence-electron chi connectivity index (χ3n) is 3.09. The van der Waals surface area contributed by atoms with Crippen molar-refractivity contribution in [3.05, 3.63) is 29.2 Å². The maximum absolute atomic E-state index is 11.6. The smallest absolute Gasteiger partial charge is 0.349 e. The number of furan rings is 1. The first-order valence-electron chi connectivity index (χ1n) is 6.43. The zero-order valence-electron chi connectivity index (χ0n) is 11.3. The standard InChI is InChI=1S/C15H17NO3/c1-9(2)18-15(17)11(8-16)7-12-4-5-14(19-12)13-6-10(13)3/h4-5,7,9-10,13H,6H2,1-3H3/b11-7+/t10-,13-/m1/s1. The Kier molecular flexibility index (Phi) is 3.75. The van der Waals surface area contributed by atoms with Crippen molar-refractivity contribution in [1.29, 1.82) is 5.26 Å². The van der Waals surface area contributed by atoms with E-state index in [0.29, 0.717) is 17.6 Å². The number of esters is 1. The van der Waals surface area contributed by atoms with Crippen molar-refractivity contribution >= 4 is 12.0 Å². The number of hydrogen-bond donors (Lipinski definition) is 0. The van der Waals surface area contributed by atoms with Crippen molar-refractivity contribution in [1.82, 2.24) is 0 Å². The number of ether oxygens (including phenoxy) is 1. The van der Waals surface area contributed by atoms with Crippen LogP contribution in [0.2, 0.25) is 0 Å². The third-order valence-corrected chi connectivity index (χ3v) is 3.09. The second-order valence-corrected chi connectivity index (χ2v) is 5.18. The second kappa shape index (κ2) is 5.31. The lowest BCUT2D eigenvalue weighted by Gasteiger charge is -2.05. The molecule has 2 rings (SSSR count). The molecule has 0 aromatic carbocycles. The van der Waals surface area contributed by atoms with Gasteiger partial charge in [0.2, 0.25) is 0 Å². The third kappa shape index (κ3) is 3.25. The summed E-state index contributed by atoms with van der Waals surface area (Å²) in [6.07, 6.45) is 2.32. The van der Waals surface area contributed by atoms with E-state index in [1.54, 1.807) is 19.9 Å². The van der Waals surface area contributed by atoms with Gasteiger partial charge in [0.1, 0.15) is 23.2 Å². The Balaban J connectivity index is 2.12. The van der Waals surface area contributed by atoms with E-state index in [2.05, 4.69) is 6.92 Å². The molecule has 1 aliphatic rings. The Morgan fingerprint density at radius 3 is 2.79 bits per heavy atom. The molecule has 0 radical (unpaired) electrons. The average Bonchev–Trinajstić information content (AvgIpc) is 2.89. The summed E-state index contributed by atoms with van der Waals surface area (Å²) in [7, 11) is 0. The Morgan fingerprint density at radius 1 is 1.58 bits per heavy atom. The summed E-state index contributed by atoms with van der Waals surface area (Å²) in [5, 5.41) is 8.98. The molecule has 0 amide bonds. The Morgan fingerprint density at radius 2 is 2.26 bits per heavy atom. The van der Waals surface area contributed by atoms with Crippen molar-refractivity contribution in [3.8, 4) is 6.07 Å². The van der Waals surface area contributed by atoms with Gasteiger partial charge in [-0.05, 0) is 38.3 Å². The van der Waals surface area contributed by atoms with Gasteiger partial charge >= 0.3 is 5.97 Å². The SMILES string of the molecule is CC(C)OC(=O)/C(C#N)=C/c1ccc([C@@H]2C[C@H]2C)o1. The number of rotatable bonds is 4. The molecule has 0 aliphatic heterocycles. The van der Waals surface area contributed by atoms with E-state index < -0.39 is 5.97 Å². The number of carbonyl (C=O) groups is 1. The molecule has 0 saturated heterocycles. The normalized spacial score (nSPS) is 22.2. The van der Waals surface area contributed by atoms with Crippen LogP contribution in [-0.2, 0) is 9.53 Å². The van der Waals surface area contributed by atoms with Crippen LogP contribution in [0, 0.1) is 17.2 Å². The van der Waals surface area contributed by atoms with E-state index in [1.807, 2.05) is 12.1 Å². The molecule has 2 atom stereocenters. The predicted octanol–water partition coefficient (Wildman–Crippen LogP) is 3.26. The van der Waals surface area contributed by atoms with Crippen molar-refractivity contribution in [2.24, 2.45) is 5.92 Å². The molecule has 19 heavy (non-hydrogen) atoms. The number of nitriles is 1. The van der Waals surface area contributed by atoms with Crippen LogP contribution in [0.15, 0.2) is 22.1 Å². The van der Waals surface area contributed by atoms with Gasteiger partial charge in [0, 0.05) is 12.0 Å². The predicted molar refractivity (Wildman–Crippen MR) is 70.0 cm³/mol. The molecule has 1 heterocycles. The fourth-order valence-corrected chi connectivity index (χ4v) is 1.92. The molecule has 100 valence electrons. The van der Waals surface area contributed by atoms with Gasteiger partial charge in [-0.15, -0.1) is 0 Å². The Hall–Kier alpha value is -2.02. The fourth-order valence-electron chi connectivity index (χ4n) is 1.92. The topological polar surface area (TPSA) is 63.2 Å². The van der Waals surface area contributed by atoms with Gasteiger partial charge in [-0.3, -0.25) is 0 Å². The lowest BCUT2D eigenvalue weighted by Crippen LogP contribution is -2.12. The number of carbonyl (C=O) groups excluding carboxylic acids is 1. The first-order chi connectivity index (χ1) is 9.01. The summed E-state index contributed by atoms with van der Waals surface area (Å²) in [4.78, 5) is 11.6. The van der Waals surface area contributed by atoms with Gasteiger partial charge in [-0.1, -0.05) is 6.92 Å². The summed E-state index contributed by atoms with van der Waals surface area (Å²) in [6, 6.07) is 5.53. The number of hydrogen-bond acceptors (Lipinski definition) is 4. The van der Waals surface area contributed by atoms with Gasteiger partial charge in [-0.25, -0.2) is 4.79 Å². The molecule has 0 bridgehead atoms. The van der Waals surface area contributed by atoms with E-state index in [1.165, 1.54) is 6.08 Å². The van der Waals surface area contributed by atoms with E-state index in [9.17, 15) is 4.79 Å². The highest BCUT2D eigenvalue weighted by molar-refractivity contribution is 5.97. The van der Waals surface area contributed by atoms with Crippen LogP contribution in [0.3, 0.4) is 0 Å². The molecule has 1 aliphatic carbocycles. The molecule has 1 fully saturated rings. The van der Waals surface area contributed by atoms with Crippen LogP contribution < -0.4 is 0 Å². The minimum atomic E-state index is -0.616. The molecule has 0 spiro atoms. The van der Waals surface area contributed by atoms with Crippen LogP contribution in [0.25, 0.3) is 6.08 Å². The van der Waals surface area contributed by atoms with E-state index in [-0.39, 0.29) is 11.7 Å². The van der Waals surface area contributed by atoms with Crippen LogP contribution in [-0.4, -0.2) is 12.1 Å². The maximum Gasteiger partial charge on any atom is 0.349 e.